The predicted molar refractivity (Wildman–Crippen MR) is 77.2 cm³/mol. The number of halogens is 2. The number of benzene rings is 1. The lowest BCUT2D eigenvalue weighted by Gasteiger charge is -2.16. The Balaban J connectivity index is 2.50. The lowest BCUT2D eigenvalue weighted by atomic mass is 10.0. The zero-order chi connectivity index (χ0) is 12.7. The molecule has 0 bridgehead atoms. The SMILES string of the molecule is CCCNC(CC)CCc1cc(Cl)ccc1Cl. The minimum absolute atomic E-state index is 0.574. The maximum absolute atomic E-state index is 6.15. The molecule has 1 aromatic carbocycles. The molecule has 1 unspecified atom stereocenters. The van der Waals surface area contributed by atoms with Crippen LogP contribution in [0.5, 0.6) is 0 Å². The second-order valence-electron chi connectivity index (χ2n) is 4.33. The van der Waals surface area contributed by atoms with E-state index in [1.165, 1.54) is 6.42 Å². The molecule has 1 N–H and O–H groups in total. The van der Waals surface area contributed by atoms with Crippen LogP contribution < -0.4 is 5.32 Å². The molecule has 17 heavy (non-hydrogen) atoms. The van der Waals surface area contributed by atoms with E-state index >= 15 is 0 Å². The van der Waals surface area contributed by atoms with Gasteiger partial charge in [0.2, 0.25) is 0 Å². The molecule has 96 valence electrons. The van der Waals surface area contributed by atoms with Gasteiger partial charge in [-0.2, -0.15) is 0 Å². The first kappa shape index (κ1) is 14.8. The Kier molecular flexibility index (Phi) is 6.94. The highest BCUT2D eigenvalue weighted by atomic mass is 35.5. The van der Waals surface area contributed by atoms with E-state index in [0.29, 0.717) is 6.04 Å². The van der Waals surface area contributed by atoms with E-state index in [1.807, 2.05) is 18.2 Å². The van der Waals surface area contributed by atoms with Gasteiger partial charge in [-0.25, -0.2) is 0 Å². The first-order chi connectivity index (χ1) is 8.17. The predicted octanol–water partition coefficient (Wildman–Crippen LogP) is 4.70. The Morgan fingerprint density at radius 1 is 1.24 bits per heavy atom. The molecule has 1 aromatic rings. The number of hydrogen-bond donors (Lipinski definition) is 1. The van der Waals surface area contributed by atoms with Gasteiger partial charge in [-0.05, 0) is 56.0 Å². The molecule has 0 aliphatic carbocycles. The van der Waals surface area contributed by atoms with E-state index in [4.69, 9.17) is 23.2 Å². The van der Waals surface area contributed by atoms with Gasteiger partial charge in [0.25, 0.3) is 0 Å². The summed E-state index contributed by atoms with van der Waals surface area (Å²) < 4.78 is 0. The quantitative estimate of drug-likeness (QED) is 0.759. The lowest BCUT2D eigenvalue weighted by molar-refractivity contribution is 0.468. The molecule has 0 heterocycles. The molecule has 0 saturated heterocycles. The van der Waals surface area contributed by atoms with Crippen LogP contribution in [0.2, 0.25) is 10.0 Å². The summed E-state index contributed by atoms with van der Waals surface area (Å²) in [5.41, 5.74) is 1.15. The molecule has 1 rings (SSSR count). The van der Waals surface area contributed by atoms with Gasteiger partial charge in [0, 0.05) is 16.1 Å². The summed E-state index contributed by atoms with van der Waals surface area (Å²) in [7, 11) is 0. The van der Waals surface area contributed by atoms with E-state index in [9.17, 15) is 0 Å². The van der Waals surface area contributed by atoms with Crippen molar-refractivity contribution in [3.05, 3.63) is 33.8 Å². The standard InChI is InChI=1S/C14H21Cl2N/c1-3-9-17-13(4-2)7-5-11-10-12(15)6-8-14(11)16/h6,8,10,13,17H,3-5,7,9H2,1-2H3. The zero-order valence-corrected chi connectivity index (χ0v) is 12.1. The van der Waals surface area contributed by atoms with Crippen LogP contribution in [0.15, 0.2) is 18.2 Å². The second kappa shape index (κ2) is 7.97. The van der Waals surface area contributed by atoms with Crippen molar-refractivity contribution in [2.75, 3.05) is 6.54 Å². The molecule has 0 aromatic heterocycles. The van der Waals surface area contributed by atoms with Crippen molar-refractivity contribution in [3.63, 3.8) is 0 Å². The highest BCUT2D eigenvalue weighted by molar-refractivity contribution is 6.33. The molecule has 1 atom stereocenters. The fourth-order valence-corrected chi connectivity index (χ4v) is 2.27. The number of aryl methyl sites for hydroxylation is 1. The maximum atomic E-state index is 6.15. The average molecular weight is 274 g/mol. The Morgan fingerprint density at radius 2 is 2.00 bits per heavy atom. The van der Waals surface area contributed by atoms with Crippen molar-refractivity contribution in [2.24, 2.45) is 0 Å². The lowest BCUT2D eigenvalue weighted by Crippen LogP contribution is -2.29. The topological polar surface area (TPSA) is 12.0 Å². The summed E-state index contributed by atoms with van der Waals surface area (Å²) in [5.74, 6) is 0. The largest absolute Gasteiger partial charge is 0.314 e. The second-order valence-corrected chi connectivity index (χ2v) is 5.18. The third-order valence-corrected chi connectivity index (χ3v) is 3.55. The van der Waals surface area contributed by atoms with Gasteiger partial charge < -0.3 is 5.32 Å². The fraction of sp³-hybridized carbons (Fsp3) is 0.571. The maximum Gasteiger partial charge on any atom is 0.0439 e. The van der Waals surface area contributed by atoms with Crippen molar-refractivity contribution in [1.82, 2.24) is 5.32 Å². The van der Waals surface area contributed by atoms with Gasteiger partial charge >= 0.3 is 0 Å². The fourth-order valence-electron chi connectivity index (χ4n) is 1.86. The van der Waals surface area contributed by atoms with Crippen molar-refractivity contribution in [2.45, 2.75) is 45.6 Å². The number of nitrogens with one attached hydrogen (secondary N) is 1. The Morgan fingerprint density at radius 3 is 2.65 bits per heavy atom. The monoisotopic (exact) mass is 273 g/mol. The van der Waals surface area contributed by atoms with E-state index in [0.717, 1.165) is 41.4 Å². The van der Waals surface area contributed by atoms with E-state index in [1.54, 1.807) is 0 Å². The first-order valence-corrected chi connectivity index (χ1v) is 7.10. The highest BCUT2D eigenvalue weighted by Gasteiger charge is 2.07. The average Bonchev–Trinajstić information content (AvgIpc) is 2.33. The van der Waals surface area contributed by atoms with Crippen LogP contribution in [0.3, 0.4) is 0 Å². The molecule has 0 aliphatic rings. The highest BCUT2D eigenvalue weighted by Crippen LogP contribution is 2.22. The van der Waals surface area contributed by atoms with Crippen molar-refractivity contribution in [1.29, 1.82) is 0 Å². The molecule has 1 nitrogen and oxygen atoms in total. The summed E-state index contributed by atoms with van der Waals surface area (Å²) in [5, 5.41) is 5.13. The molecular weight excluding hydrogens is 253 g/mol. The van der Waals surface area contributed by atoms with Crippen molar-refractivity contribution < 1.29 is 0 Å². The minimum Gasteiger partial charge on any atom is -0.314 e. The Bertz CT molecular complexity index is 339. The normalized spacial score (nSPS) is 12.7. The van der Waals surface area contributed by atoms with Gasteiger partial charge in [0.05, 0.1) is 0 Å². The summed E-state index contributed by atoms with van der Waals surface area (Å²) in [4.78, 5) is 0. The smallest absolute Gasteiger partial charge is 0.0439 e. The molecule has 0 fully saturated rings. The van der Waals surface area contributed by atoms with E-state index < -0.39 is 0 Å². The summed E-state index contributed by atoms with van der Waals surface area (Å²) in [6, 6.07) is 6.25. The molecule has 0 spiro atoms. The van der Waals surface area contributed by atoms with E-state index in [-0.39, 0.29) is 0 Å². The van der Waals surface area contributed by atoms with Crippen LogP contribution in [0.25, 0.3) is 0 Å². The van der Waals surface area contributed by atoms with Crippen molar-refractivity contribution >= 4 is 23.2 Å². The summed E-state index contributed by atoms with van der Waals surface area (Å²) in [6.45, 7) is 5.49. The zero-order valence-electron chi connectivity index (χ0n) is 10.6. The van der Waals surface area contributed by atoms with Crippen LogP contribution in [-0.4, -0.2) is 12.6 Å². The molecule has 3 heteroatoms. The summed E-state index contributed by atoms with van der Waals surface area (Å²) >= 11 is 12.1. The Labute approximate surface area is 115 Å². The molecule has 0 radical (unpaired) electrons. The van der Waals surface area contributed by atoms with Gasteiger partial charge in [-0.3, -0.25) is 0 Å². The molecule has 0 amide bonds. The first-order valence-electron chi connectivity index (χ1n) is 6.34. The van der Waals surface area contributed by atoms with Crippen LogP contribution in [-0.2, 0) is 6.42 Å². The third-order valence-electron chi connectivity index (χ3n) is 2.95. The molecule has 0 aliphatic heterocycles. The van der Waals surface area contributed by atoms with Crippen LogP contribution in [0, 0.1) is 0 Å². The van der Waals surface area contributed by atoms with Crippen molar-refractivity contribution in [3.8, 4) is 0 Å². The van der Waals surface area contributed by atoms with Gasteiger partial charge in [-0.15, -0.1) is 0 Å². The van der Waals surface area contributed by atoms with Gasteiger partial charge in [0.1, 0.15) is 0 Å². The van der Waals surface area contributed by atoms with Gasteiger partial charge in [0.15, 0.2) is 0 Å². The molecule has 0 saturated carbocycles. The van der Waals surface area contributed by atoms with Crippen LogP contribution >= 0.6 is 23.2 Å². The Hall–Kier alpha value is -0.240. The van der Waals surface area contributed by atoms with E-state index in [2.05, 4.69) is 19.2 Å². The molecular formula is C14H21Cl2N. The number of rotatable bonds is 7. The summed E-state index contributed by atoms with van der Waals surface area (Å²) in [6.07, 6.45) is 4.41. The van der Waals surface area contributed by atoms with Crippen LogP contribution in [0.4, 0.5) is 0 Å². The van der Waals surface area contributed by atoms with Crippen LogP contribution in [0.1, 0.15) is 38.7 Å². The minimum atomic E-state index is 0.574. The van der Waals surface area contributed by atoms with Gasteiger partial charge in [-0.1, -0.05) is 37.0 Å². The number of hydrogen-bond acceptors (Lipinski definition) is 1. The third kappa shape index (κ3) is 5.29.